The van der Waals surface area contributed by atoms with Gasteiger partial charge in [-0.15, -0.1) is 0 Å². The third kappa shape index (κ3) is 2.99. The Labute approximate surface area is 158 Å². The van der Waals surface area contributed by atoms with Gasteiger partial charge in [0.25, 0.3) is 11.6 Å². The Morgan fingerprint density at radius 3 is 2.58 bits per heavy atom. The number of anilines is 1. The molecule has 0 radical (unpaired) electrons. The molecular weight excluding hydrogens is 394 g/mol. The summed E-state index contributed by atoms with van der Waals surface area (Å²) in [6, 6.07) is 18.9. The molecule has 4 rings (SSSR count). The Balaban J connectivity index is 1.84. The lowest BCUT2D eigenvalue weighted by atomic mass is 10.1. The monoisotopic (exact) mass is 407 g/mol. The van der Waals surface area contributed by atoms with Gasteiger partial charge in [0, 0.05) is 10.0 Å². The van der Waals surface area contributed by atoms with Crippen LogP contribution < -0.4 is 5.32 Å². The van der Waals surface area contributed by atoms with Gasteiger partial charge in [-0.05, 0) is 41.1 Å². The zero-order chi connectivity index (χ0) is 18.1. The van der Waals surface area contributed by atoms with E-state index >= 15 is 0 Å². The Kier molecular flexibility index (Phi) is 4.26. The highest BCUT2D eigenvalue weighted by Crippen LogP contribution is 2.28. The molecule has 128 valence electrons. The summed E-state index contributed by atoms with van der Waals surface area (Å²) in [5.74, 6) is -0.243. The van der Waals surface area contributed by atoms with Gasteiger partial charge < -0.3 is 9.84 Å². The zero-order valence-corrected chi connectivity index (χ0v) is 15.4. The Morgan fingerprint density at radius 1 is 1.08 bits per heavy atom. The summed E-state index contributed by atoms with van der Waals surface area (Å²) < 4.78 is 6.13. The van der Waals surface area contributed by atoms with E-state index in [9.17, 15) is 4.79 Å². The third-order valence-electron chi connectivity index (χ3n) is 4.05. The van der Waals surface area contributed by atoms with Crippen molar-refractivity contribution in [2.24, 2.45) is 0 Å². The standard InChI is InChI=1S/C20H14BrN3O2/c1-12-18-14(19(25)22-16-10-6-5-9-15(16)21)11-17(23-20(18)26-24-12)13-7-3-2-4-8-13/h2-11H,1H3,(H,22,25). The van der Waals surface area contributed by atoms with Crippen LogP contribution in [0.1, 0.15) is 16.1 Å². The molecule has 1 amide bonds. The molecule has 26 heavy (non-hydrogen) atoms. The predicted octanol–water partition coefficient (Wildman–Crippen LogP) is 5.21. The first-order valence-corrected chi connectivity index (χ1v) is 8.81. The fourth-order valence-electron chi connectivity index (χ4n) is 2.78. The highest BCUT2D eigenvalue weighted by atomic mass is 79.9. The van der Waals surface area contributed by atoms with E-state index in [0.29, 0.717) is 33.7 Å². The molecule has 4 aromatic rings. The summed E-state index contributed by atoms with van der Waals surface area (Å²) in [5.41, 5.74) is 3.71. The van der Waals surface area contributed by atoms with Gasteiger partial charge in [0.1, 0.15) is 0 Å². The average Bonchev–Trinajstić information content (AvgIpc) is 3.04. The first-order valence-electron chi connectivity index (χ1n) is 8.02. The lowest BCUT2D eigenvalue weighted by Crippen LogP contribution is -2.13. The number of para-hydroxylation sites is 1. The van der Waals surface area contributed by atoms with Crippen LogP contribution in [-0.4, -0.2) is 16.0 Å². The summed E-state index contributed by atoms with van der Waals surface area (Å²) in [7, 11) is 0. The number of halogens is 1. The minimum absolute atomic E-state index is 0.243. The maximum atomic E-state index is 13.0. The quantitative estimate of drug-likeness (QED) is 0.505. The lowest BCUT2D eigenvalue weighted by Gasteiger charge is -2.09. The van der Waals surface area contributed by atoms with Gasteiger partial charge in [-0.3, -0.25) is 4.79 Å². The number of pyridine rings is 1. The first-order chi connectivity index (χ1) is 12.6. The number of aryl methyl sites for hydroxylation is 1. The molecule has 2 aromatic heterocycles. The Hall–Kier alpha value is -2.99. The van der Waals surface area contributed by atoms with Gasteiger partial charge in [-0.25, -0.2) is 4.98 Å². The number of aromatic nitrogens is 2. The topological polar surface area (TPSA) is 68.0 Å². The van der Waals surface area contributed by atoms with Crippen LogP contribution in [0, 0.1) is 6.92 Å². The van der Waals surface area contributed by atoms with Gasteiger partial charge in [0.15, 0.2) is 0 Å². The summed E-state index contributed by atoms with van der Waals surface area (Å²) in [6.07, 6.45) is 0. The van der Waals surface area contributed by atoms with Crippen molar-refractivity contribution in [3.63, 3.8) is 0 Å². The van der Waals surface area contributed by atoms with Crippen molar-refractivity contribution >= 4 is 38.6 Å². The normalized spacial score (nSPS) is 10.8. The molecule has 0 spiro atoms. The molecule has 5 nitrogen and oxygen atoms in total. The van der Waals surface area contributed by atoms with E-state index in [0.717, 1.165) is 10.0 Å². The van der Waals surface area contributed by atoms with Gasteiger partial charge in [0.2, 0.25) is 0 Å². The molecule has 0 saturated heterocycles. The van der Waals surface area contributed by atoms with E-state index < -0.39 is 0 Å². The second kappa shape index (κ2) is 6.72. The molecule has 0 aliphatic heterocycles. The van der Waals surface area contributed by atoms with E-state index in [1.807, 2.05) is 54.6 Å². The van der Waals surface area contributed by atoms with Gasteiger partial charge in [-0.1, -0.05) is 47.6 Å². The maximum Gasteiger partial charge on any atom is 0.259 e. The van der Waals surface area contributed by atoms with E-state index in [2.05, 4.69) is 31.4 Å². The molecule has 2 heterocycles. The fourth-order valence-corrected chi connectivity index (χ4v) is 3.17. The van der Waals surface area contributed by atoms with E-state index in [1.54, 1.807) is 13.0 Å². The van der Waals surface area contributed by atoms with Crippen molar-refractivity contribution in [1.29, 1.82) is 0 Å². The average molecular weight is 408 g/mol. The van der Waals surface area contributed by atoms with Gasteiger partial charge >= 0.3 is 0 Å². The molecule has 0 unspecified atom stereocenters. The van der Waals surface area contributed by atoms with Crippen molar-refractivity contribution in [2.45, 2.75) is 6.92 Å². The van der Waals surface area contributed by atoms with Crippen LogP contribution in [0.4, 0.5) is 5.69 Å². The van der Waals surface area contributed by atoms with Crippen LogP contribution in [-0.2, 0) is 0 Å². The Morgan fingerprint density at radius 2 is 1.81 bits per heavy atom. The first kappa shape index (κ1) is 16.5. The fraction of sp³-hybridized carbons (Fsp3) is 0.0500. The number of carbonyl (C=O) groups is 1. The summed E-state index contributed by atoms with van der Waals surface area (Å²) in [6.45, 7) is 1.80. The van der Waals surface area contributed by atoms with Crippen LogP contribution >= 0.6 is 15.9 Å². The molecule has 0 aliphatic rings. The molecule has 2 aromatic carbocycles. The smallest absolute Gasteiger partial charge is 0.259 e. The van der Waals surface area contributed by atoms with Crippen LogP contribution in [0.3, 0.4) is 0 Å². The van der Waals surface area contributed by atoms with E-state index in [-0.39, 0.29) is 5.91 Å². The number of nitrogens with one attached hydrogen (secondary N) is 1. The predicted molar refractivity (Wildman–Crippen MR) is 104 cm³/mol. The summed E-state index contributed by atoms with van der Waals surface area (Å²) in [5, 5.41) is 7.52. The number of carbonyl (C=O) groups excluding carboxylic acids is 1. The van der Waals surface area contributed by atoms with Gasteiger partial charge in [0.05, 0.1) is 28.0 Å². The molecule has 0 atom stereocenters. The number of benzene rings is 2. The third-order valence-corrected chi connectivity index (χ3v) is 4.74. The van der Waals surface area contributed by atoms with Crippen LogP contribution in [0.5, 0.6) is 0 Å². The number of fused-ring (bicyclic) bond motifs is 1. The van der Waals surface area contributed by atoms with Crippen molar-refractivity contribution in [2.75, 3.05) is 5.32 Å². The van der Waals surface area contributed by atoms with Crippen molar-refractivity contribution in [3.8, 4) is 11.3 Å². The number of hydrogen-bond donors (Lipinski definition) is 1. The molecule has 6 heteroatoms. The van der Waals surface area contributed by atoms with Gasteiger partial charge in [-0.2, -0.15) is 0 Å². The second-order valence-corrected chi connectivity index (χ2v) is 6.66. The highest BCUT2D eigenvalue weighted by molar-refractivity contribution is 9.10. The van der Waals surface area contributed by atoms with Crippen molar-refractivity contribution in [3.05, 3.63) is 76.4 Å². The number of amides is 1. The molecule has 0 saturated carbocycles. The van der Waals surface area contributed by atoms with Crippen molar-refractivity contribution < 1.29 is 9.32 Å². The van der Waals surface area contributed by atoms with Crippen LogP contribution in [0.25, 0.3) is 22.4 Å². The van der Waals surface area contributed by atoms with E-state index in [1.165, 1.54) is 0 Å². The minimum atomic E-state index is -0.243. The summed E-state index contributed by atoms with van der Waals surface area (Å²) in [4.78, 5) is 17.5. The highest BCUT2D eigenvalue weighted by Gasteiger charge is 2.20. The minimum Gasteiger partial charge on any atom is -0.335 e. The maximum absolute atomic E-state index is 13.0. The number of nitrogens with zero attached hydrogens (tertiary/aromatic N) is 2. The van der Waals surface area contributed by atoms with Crippen LogP contribution in [0.15, 0.2) is 69.7 Å². The molecule has 0 aliphatic carbocycles. The summed E-state index contributed by atoms with van der Waals surface area (Å²) >= 11 is 3.45. The second-order valence-electron chi connectivity index (χ2n) is 5.80. The lowest BCUT2D eigenvalue weighted by molar-refractivity contribution is 0.102. The molecule has 1 N–H and O–H groups in total. The van der Waals surface area contributed by atoms with E-state index in [4.69, 9.17) is 4.52 Å². The van der Waals surface area contributed by atoms with Crippen molar-refractivity contribution in [1.82, 2.24) is 10.1 Å². The molecular formula is C20H14BrN3O2. The SMILES string of the molecule is Cc1noc2nc(-c3ccccc3)cc(C(=O)Nc3ccccc3Br)c12. The molecule has 0 fully saturated rings. The van der Waals surface area contributed by atoms with Crippen LogP contribution in [0.2, 0.25) is 0 Å². The number of hydrogen-bond acceptors (Lipinski definition) is 4. The zero-order valence-electron chi connectivity index (χ0n) is 13.9. The number of rotatable bonds is 3. The Bertz CT molecular complexity index is 1110. The largest absolute Gasteiger partial charge is 0.335 e. The molecule has 0 bridgehead atoms.